The van der Waals surface area contributed by atoms with Crippen LogP contribution in [-0.4, -0.2) is 14.0 Å². The van der Waals surface area contributed by atoms with E-state index in [0.29, 0.717) is 21.7 Å². The van der Waals surface area contributed by atoms with Gasteiger partial charge in [0, 0.05) is 11.2 Å². The first-order valence-corrected chi connectivity index (χ1v) is 8.04. The van der Waals surface area contributed by atoms with E-state index in [4.69, 9.17) is 5.73 Å². The highest BCUT2D eigenvalue weighted by Crippen LogP contribution is 2.25. The van der Waals surface area contributed by atoms with Crippen LogP contribution >= 0.6 is 0 Å². The topological polar surface area (TPSA) is 72.2 Å². The third-order valence-corrected chi connectivity index (χ3v) is 5.64. The van der Waals surface area contributed by atoms with Gasteiger partial charge < -0.3 is 5.73 Å². The molecule has 5 heteroatoms. The minimum absolute atomic E-state index is 0.342. The van der Waals surface area contributed by atoms with E-state index in [9.17, 15) is 8.42 Å². The largest absolute Gasteiger partial charge is 0.399 e. The number of hydrogen-bond donors (Lipinski definition) is 2. The van der Waals surface area contributed by atoms with Crippen molar-refractivity contribution in [3.8, 4) is 0 Å². The predicted octanol–water partition coefficient (Wildman–Crippen LogP) is 2.74. The molecule has 3 N–H and O–H groups in total. The molecule has 0 atom stereocenters. The number of benzene rings is 1. The monoisotopic (exact) mass is 284 g/mol. The molecule has 0 amide bonds. The molecule has 0 fully saturated rings. The molecule has 0 radical (unpaired) electrons. The average Bonchev–Trinajstić information content (AvgIpc) is 2.26. The van der Waals surface area contributed by atoms with Gasteiger partial charge in [0.15, 0.2) is 0 Å². The maximum absolute atomic E-state index is 12.6. The van der Waals surface area contributed by atoms with Crippen LogP contribution in [0, 0.1) is 13.8 Å². The van der Waals surface area contributed by atoms with Gasteiger partial charge in [-0.25, -0.2) is 13.1 Å². The van der Waals surface area contributed by atoms with Gasteiger partial charge in [0.2, 0.25) is 10.0 Å². The van der Waals surface area contributed by atoms with Crippen LogP contribution in [0.15, 0.2) is 17.0 Å². The van der Waals surface area contributed by atoms with Gasteiger partial charge in [-0.05, 0) is 56.9 Å². The maximum atomic E-state index is 12.6. The molecule has 4 nitrogen and oxygen atoms in total. The Morgan fingerprint density at radius 2 is 1.58 bits per heavy atom. The first kappa shape index (κ1) is 16.0. The van der Waals surface area contributed by atoms with Crippen molar-refractivity contribution in [2.24, 2.45) is 0 Å². The Hall–Kier alpha value is -1.07. The predicted molar refractivity (Wildman–Crippen MR) is 79.6 cm³/mol. The van der Waals surface area contributed by atoms with Gasteiger partial charge in [0.25, 0.3) is 0 Å². The van der Waals surface area contributed by atoms with Crippen molar-refractivity contribution in [1.29, 1.82) is 0 Å². The van der Waals surface area contributed by atoms with Crippen LogP contribution in [0.25, 0.3) is 0 Å². The molecular formula is C14H24N2O2S. The summed E-state index contributed by atoms with van der Waals surface area (Å²) in [5.74, 6) is 0. The summed E-state index contributed by atoms with van der Waals surface area (Å²) >= 11 is 0. The first-order chi connectivity index (χ1) is 8.65. The van der Waals surface area contributed by atoms with E-state index in [1.807, 2.05) is 20.8 Å². The summed E-state index contributed by atoms with van der Waals surface area (Å²) in [6.07, 6.45) is 1.49. The zero-order valence-electron chi connectivity index (χ0n) is 12.4. The molecular weight excluding hydrogens is 260 g/mol. The van der Waals surface area contributed by atoms with Gasteiger partial charge in [-0.2, -0.15) is 0 Å². The van der Waals surface area contributed by atoms with Crippen LogP contribution in [0.3, 0.4) is 0 Å². The normalized spacial score (nSPS) is 12.7. The van der Waals surface area contributed by atoms with Crippen LogP contribution in [0.2, 0.25) is 0 Å². The molecule has 0 aromatic heterocycles. The van der Waals surface area contributed by atoms with E-state index in [1.54, 1.807) is 26.0 Å². The number of nitrogens with one attached hydrogen (secondary N) is 1. The Morgan fingerprint density at radius 1 is 1.16 bits per heavy atom. The molecule has 0 aliphatic rings. The Kier molecular flexibility index (Phi) is 4.63. The number of sulfonamides is 1. The fourth-order valence-electron chi connectivity index (χ4n) is 2.18. The molecule has 0 saturated heterocycles. The van der Waals surface area contributed by atoms with E-state index in [0.717, 1.165) is 12.8 Å². The molecule has 0 aliphatic carbocycles. The number of aryl methyl sites for hydroxylation is 2. The fourth-order valence-corrected chi connectivity index (χ4v) is 4.18. The van der Waals surface area contributed by atoms with Gasteiger partial charge in [0.1, 0.15) is 0 Å². The highest BCUT2D eigenvalue weighted by atomic mass is 32.2. The number of hydrogen-bond acceptors (Lipinski definition) is 3. The first-order valence-electron chi connectivity index (χ1n) is 6.56. The van der Waals surface area contributed by atoms with Crippen LogP contribution in [-0.2, 0) is 10.0 Å². The average molecular weight is 284 g/mol. The highest BCUT2D eigenvalue weighted by molar-refractivity contribution is 7.89. The van der Waals surface area contributed by atoms with E-state index >= 15 is 0 Å². The molecule has 1 aromatic carbocycles. The van der Waals surface area contributed by atoms with Crippen molar-refractivity contribution in [3.63, 3.8) is 0 Å². The summed E-state index contributed by atoms with van der Waals surface area (Å²) in [4.78, 5) is 0.342. The van der Waals surface area contributed by atoms with E-state index in [-0.39, 0.29) is 0 Å². The Morgan fingerprint density at radius 3 is 1.95 bits per heavy atom. The van der Waals surface area contributed by atoms with Gasteiger partial charge >= 0.3 is 0 Å². The lowest BCUT2D eigenvalue weighted by Gasteiger charge is -2.28. The summed E-state index contributed by atoms with van der Waals surface area (Å²) in [5.41, 5.74) is 7.26. The van der Waals surface area contributed by atoms with Crippen LogP contribution in [0.4, 0.5) is 5.69 Å². The molecule has 19 heavy (non-hydrogen) atoms. The third kappa shape index (κ3) is 3.48. The molecule has 0 unspecified atom stereocenters. The number of nitrogen functional groups attached to an aromatic ring is 1. The van der Waals surface area contributed by atoms with Crippen molar-refractivity contribution < 1.29 is 8.42 Å². The second kappa shape index (κ2) is 5.51. The number of anilines is 1. The Balaban J connectivity index is 3.29. The van der Waals surface area contributed by atoms with E-state index < -0.39 is 15.6 Å². The lowest BCUT2D eigenvalue weighted by molar-refractivity contribution is 0.388. The quantitative estimate of drug-likeness (QED) is 0.817. The highest BCUT2D eigenvalue weighted by Gasteiger charge is 2.29. The Bertz CT molecular complexity index is 538. The molecule has 0 spiro atoms. The standard InChI is InChI=1S/C14H24N2O2S/c1-6-14(5,7-2)16-19(17,18)13-10(3)8-12(15)9-11(13)4/h8-9,16H,6-7,15H2,1-5H3. The second-order valence-electron chi connectivity index (χ2n) is 5.36. The molecule has 0 heterocycles. The minimum atomic E-state index is -3.53. The van der Waals surface area contributed by atoms with Gasteiger partial charge in [-0.3, -0.25) is 0 Å². The van der Waals surface area contributed by atoms with Crippen LogP contribution < -0.4 is 10.5 Å². The lowest BCUT2D eigenvalue weighted by Crippen LogP contribution is -2.45. The minimum Gasteiger partial charge on any atom is -0.399 e. The molecule has 108 valence electrons. The molecule has 1 rings (SSSR count). The summed E-state index contributed by atoms with van der Waals surface area (Å²) in [6, 6.07) is 3.38. The summed E-state index contributed by atoms with van der Waals surface area (Å²) in [5, 5.41) is 0. The Labute approximate surface area is 116 Å². The smallest absolute Gasteiger partial charge is 0.241 e. The van der Waals surface area contributed by atoms with Gasteiger partial charge in [-0.15, -0.1) is 0 Å². The van der Waals surface area contributed by atoms with Gasteiger partial charge in [0.05, 0.1) is 4.90 Å². The lowest BCUT2D eigenvalue weighted by atomic mass is 9.98. The number of rotatable bonds is 5. The fraction of sp³-hybridized carbons (Fsp3) is 0.571. The van der Waals surface area contributed by atoms with Crippen LogP contribution in [0.1, 0.15) is 44.7 Å². The van der Waals surface area contributed by atoms with Crippen LogP contribution in [0.5, 0.6) is 0 Å². The zero-order valence-corrected chi connectivity index (χ0v) is 13.2. The summed E-state index contributed by atoms with van der Waals surface area (Å²) in [6.45, 7) is 9.43. The van der Waals surface area contributed by atoms with Crippen molar-refractivity contribution in [2.75, 3.05) is 5.73 Å². The van der Waals surface area contributed by atoms with Crippen molar-refractivity contribution in [3.05, 3.63) is 23.3 Å². The molecule has 1 aromatic rings. The van der Waals surface area contributed by atoms with E-state index in [2.05, 4.69) is 4.72 Å². The van der Waals surface area contributed by atoms with E-state index in [1.165, 1.54) is 0 Å². The number of nitrogens with two attached hydrogens (primary N) is 1. The summed E-state index contributed by atoms with van der Waals surface area (Å²) in [7, 11) is -3.53. The summed E-state index contributed by atoms with van der Waals surface area (Å²) < 4.78 is 28.0. The molecule has 0 saturated carbocycles. The maximum Gasteiger partial charge on any atom is 0.241 e. The SMILES string of the molecule is CCC(C)(CC)NS(=O)(=O)c1c(C)cc(N)cc1C. The third-order valence-electron chi connectivity index (χ3n) is 3.69. The second-order valence-corrected chi connectivity index (χ2v) is 6.98. The van der Waals surface area contributed by atoms with Gasteiger partial charge in [-0.1, -0.05) is 13.8 Å². The van der Waals surface area contributed by atoms with Crippen molar-refractivity contribution in [2.45, 2.75) is 57.9 Å². The van der Waals surface area contributed by atoms with Crippen molar-refractivity contribution in [1.82, 2.24) is 4.72 Å². The van der Waals surface area contributed by atoms with Crippen molar-refractivity contribution >= 4 is 15.7 Å². The molecule has 0 bridgehead atoms. The molecule has 0 aliphatic heterocycles. The zero-order chi connectivity index (χ0) is 14.8.